The zero-order valence-corrected chi connectivity index (χ0v) is 9.69. The number of rotatable bonds is 5. The van der Waals surface area contributed by atoms with Gasteiger partial charge in [-0.15, -0.1) is 0 Å². The number of amides is 2. The predicted molar refractivity (Wildman–Crippen MR) is 57.9 cm³/mol. The summed E-state index contributed by atoms with van der Waals surface area (Å²) < 4.78 is 0. The van der Waals surface area contributed by atoms with E-state index in [1.165, 1.54) is 4.90 Å². The Balaban J connectivity index is 2.73. The Hall–Kier alpha value is -1.57. The van der Waals surface area contributed by atoms with E-state index < -0.39 is 11.3 Å². The average molecular weight is 223 g/mol. The van der Waals surface area contributed by atoms with Crippen molar-refractivity contribution in [2.75, 3.05) is 13.1 Å². The first-order valence-electron chi connectivity index (χ1n) is 5.40. The fourth-order valence-corrected chi connectivity index (χ4v) is 1.65. The van der Waals surface area contributed by atoms with Gasteiger partial charge in [-0.1, -0.05) is 13.8 Å². The lowest BCUT2D eigenvalue weighted by Gasteiger charge is -2.25. The van der Waals surface area contributed by atoms with Gasteiger partial charge in [0.1, 0.15) is 5.41 Å². The molecule has 1 fully saturated rings. The topological polar surface area (TPSA) is 87.2 Å². The van der Waals surface area contributed by atoms with Crippen molar-refractivity contribution in [3.63, 3.8) is 0 Å². The summed E-state index contributed by atoms with van der Waals surface area (Å²) in [6, 6.07) is 2.04. The van der Waals surface area contributed by atoms with Crippen LogP contribution in [0.15, 0.2) is 0 Å². The van der Waals surface area contributed by atoms with Gasteiger partial charge in [0.25, 0.3) is 0 Å². The van der Waals surface area contributed by atoms with E-state index in [-0.39, 0.29) is 18.4 Å². The number of hydrogen-bond acceptors (Lipinski definition) is 3. The molecule has 0 aromatic heterocycles. The molecule has 0 spiro atoms. The molecule has 0 aromatic carbocycles. The molecule has 1 aliphatic rings. The lowest BCUT2D eigenvalue weighted by atomic mass is 10.1. The molecule has 16 heavy (non-hydrogen) atoms. The van der Waals surface area contributed by atoms with Gasteiger partial charge in [0.05, 0.1) is 12.6 Å². The van der Waals surface area contributed by atoms with E-state index in [9.17, 15) is 9.59 Å². The quantitative estimate of drug-likeness (QED) is 0.725. The van der Waals surface area contributed by atoms with Gasteiger partial charge in [0.15, 0.2) is 0 Å². The second-order valence-corrected chi connectivity index (χ2v) is 4.74. The molecule has 0 saturated heterocycles. The van der Waals surface area contributed by atoms with Crippen molar-refractivity contribution in [3.8, 4) is 6.07 Å². The molecule has 0 bridgehead atoms. The standard InChI is InChI=1S/C11H17N3O2/c1-8(2)5-14(6-9(13)15)10(16)11(7-12)3-4-11/h8H,3-6H2,1-2H3,(H2,13,15). The molecular formula is C11H17N3O2. The molecule has 1 rings (SSSR count). The van der Waals surface area contributed by atoms with E-state index in [0.29, 0.717) is 19.4 Å². The summed E-state index contributed by atoms with van der Waals surface area (Å²) in [5.41, 5.74) is 4.23. The Bertz CT molecular complexity index is 340. The van der Waals surface area contributed by atoms with E-state index in [1.807, 2.05) is 19.9 Å². The first kappa shape index (κ1) is 12.5. The molecule has 0 aromatic rings. The number of primary amides is 1. The highest BCUT2D eigenvalue weighted by molar-refractivity contribution is 5.91. The molecule has 88 valence electrons. The third kappa shape index (κ3) is 2.72. The van der Waals surface area contributed by atoms with Crippen LogP contribution in [0.1, 0.15) is 26.7 Å². The van der Waals surface area contributed by atoms with Crippen molar-refractivity contribution in [2.45, 2.75) is 26.7 Å². The second kappa shape index (κ2) is 4.52. The number of nitrogens with two attached hydrogens (primary N) is 1. The summed E-state index contributed by atoms with van der Waals surface area (Å²) in [6.45, 7) is 4.27. The Morgan fingerprint density at radius 2 is 2.06 bits per heavy atom. The summed E-state index contributed by atoms with van der Waals surface area (Å²) in [5.74, 6) is -0.539. The van der Waals surface area contributed by atoms with Crippen LogP contribution in [-0.4, -0.2) is 29.8 Å². The maximum absolute atomic E-state index is 12.0. The van der Waals surface area contributed by atoms with E-state index in [0.717, 1.165) is 0 Å². The lowest BCUT2D eigenvalue weighted by molar-refractivity contribution is -0.138. The van der Waals surface area contributed by atoms with Gasteiger partial charge >= 0.3 is 0 Å². The highest BCUT2D eigenvalue weighted by atomic mass is 16.2. The van der Waals surface area contributed by atoms with Crippen molar-refractivity contribution >= 4 is 11.8 Å². The van der Waals surface area contributed by atoms with Crippen LogP contribution >= 0.6 is 0 Å². The van der Waals surface area contributed by atoms with Crippen LogP contribution < -0.4 is 5.73 Å². The van der Waals surface area contributed by atoms with Crippen LogP contribution in [0.4, 0.5) is 0 Å². The summed E-state index contributed by atoms with van der Waals surface area (Å²) >= 11 is 0. The molecule has 1 saturated carbocycles. The Kier molecular flexibility index (Phi) is 3.53. The van der Waals surface area contributed by atoms with Gasteiger partial charge in [-0.3, -0.25) is 9.59 Å². The van der Waals surface area contributed by atoms with Crippen LogP contribution in [-0.2, 0) is 9.59 Å². The van der Waals surface area contributed by atoms with Gasteiger partial charge in [0, 0.05) is 6.54 Å². The molecule has 0 aliphatic heterocycles. The van der Waals surface area contributed by atoms with E-state index in [2.05, 4.69) is 0 Å². The number of hydrogen-bond donors (Lipinski definition) is 1. The molecule has 0 heterocycles. The summed E-state index contributed by atoms with van der Waals surface area (Å²) in [6.07, 6.45) is 1.19. The molecule has 0 atom stereocenters. The largest absolute Gasteiger partial charge is 0.368 e. The molecule has 5 nitrogen and oxygen atoms in total. The Morgan fingerprint density at radius 1 is 1.50 bits per heavy atom. The Morgan fingerprint density at radius 3 is 2.38 bits per heavy atom. The number of nitrogens with zero attached hydrogens (tertiary/aromatic N) is 2. The second-order valence-electron chi connectivity index (χ2n) is 4.74. The number of carbonyl (C=O) groups is 2. The van der Waals surface area contributed by atoms with Crippen LogP contribution in [0.2, 0.25) is 0 Å². The molecule has 1 aliphatic carbocycles. The minimum absolute atomic E-state index is 0.0968. The number of carbonyl (C=O) groups excluding carboxylic acids is 2. The van der Waals surface area contributed by atoms with Crippen LogP contribution in [0.25, 0.3) is 0 Å². The van der Waals surface area contributed by atoms with Crippen LogP contribution in [0.5, 0.6) is 0 Å². The average Bonchev–Trinajstić information content (AvgIpc) is 2.94. The van der Waals surface area contributed by atoms with Crippen molar-refractivity contribution in [3.05, 3.63) is 0 Å². The zero-order valence-electron chi connectivity index (χ0n) is 9.69. The Labute approximate surface area is 95.2 Å². The fourth-order valence-electron chi connectivity index (χ4n) is 1.65. The molecule has 0 radical (unpaired) electrons. The molecule has 0 unspecified atom stereocenters. The van der Waals surface area contributed by atoms with Crippen molar-refractivity contribution in [1.29, 1.82) is 5.26 Å². The van der Waals surface area contributed by atoms with E-state index >= 15 is 0 Å². The molecular weight excluding hydrogens is 206 g/mol. The SMILES string of the molecule is CC(C)CN(CC(N)=O)C(=O)C1(C#N)CC1. The van der Waals surface area contributed by atoms with Crippen molar-refractivity contribution in [2.24, 2.45) is 17.1 Å². The molecule has 2 amide bonds. The normalized spacial score (nSPS) is 16.6. The van der Waals surface area contributed by atoms with Crippen molar-refractivity contribution in [1.82, 2.24) is 4.90 Å². The zero-order chi connectivity index (χ0) is 12.3. The summed E-state index contributed by atoms with van der Waals surface area (Å²) in [4.78, 5) is 24.3. The van der Waals surface area contributed by atoms with Gasteiger partial charge in [-0.05, 0) is 18.8 Å². The smallest absolute Gasteiger partial charge is 0.243 e. The van der Waals surface area contributed by atoms with Crippen molar-refractivity contribution < 1.29 is 9.59 Å². The fraction of sp³-hybridized carbons (Fsp3) is 0.727. The minimum Gasteiger partial charge on any atom is -0.368 e. The van der Waals surface area contributed by atoms with Gasteiger partial charge in [-0.25, -0.2) is 0 Å². The lowest BCUT2D eigenvalue weighted by Crippen LogP contribution is -2.44. The van der Waals surface area contributed by atoms with E-state index in [4.69, 9.17) is 11.0 Å². The molecule has 5 heteroatoms. The first-order chi connectivity index (χ1) is 7.41. The highest BCUT2D eigenvalue weighted by Crippen LogP contribution is 2.46. The van der Waals surface area contributed by atoms with Crippen LogP contribution in [0.3, 0.4) is 0 Å². The monoisotopic (exact) mass is 223 g/mol. The van der Waals surface area contributed by atoms with Gasteiger partial charge in [0.2, 0.25) is 11.8 Å². The third-order valence-electron chi connectivity index (χ3n) is 2.59. The van der Waals surface area contributed by atoms with Gasteiger partial charge in [-0.2, -0.15) is 5.26 Å². The van der Waals surface area contributed by atoms with Crippen LogP contribution in [0, 0.1) is 22.7 Å². The van der Waals surface area contributed by atoms with Gasteiger partial charge < -0.3 is 10.6 Å². The maximum Gasteiger partial charge on any atom is 0.243 e. The highest BCUT2D eigenvalue weighted by Gasteiger charge is 2.52. The summed E-state index contributed by atoms with van der Waals surface area (Å²) in [5, 5.41) is 8.93. The van der Waals surface area contributed by atoms with E-state index in [1.54, 1.807) is 0 Å². The number of nitriles is 1. The third-order valence-corrected chi connectivity index (χ3v) is 2.59. The molecule has 2 N–H and O–H groups in total. The first-order valence-corrected chi connectivity index (χ1v) is 5.40. The predicted octanol–water partition coefficient (Wildman–Crippen LogP) is 0.260. The summed E-state index contributed by atoms with van der Waals surface area (Å²) in [7, 11) is 0. The maximum atomic E-state index is 12.0. The minimum atomic E-state index is -0.871.